The molecule has 5 heteroatoms. The molecule has 1 heterocycles. The summed E-state index contributed by atoms with van der Waals surface area (Å²) >= 11 is 1.67. The number of thiophene rings is 1. The van der Waals surface area contributed by atoms with Gasteiger partial charge in [-0.15, -0.1) is 11.3 Å². The van der Waals surface area contributed by atoms with Crippen molar-refractivity contribution in [2.75, 3.05) is 33.9 Å². The van der Waals surface area contributed by atoms with E-state index < -0.39 is 0 Å². The molecule has 0 amide bonds. The number of hydrogen-bond acceptors (Lipinski definition) is 4. The maximum Gasteiger partial charge on any atom is 0.132 e. The molecule has 0 aliphatic rings. The molecule has 0 fully saturated rings. The molecule has 3 nitrogen and oxygen atoms in total. The van der Waals surface area contributed by atoms with Gasteiger partial charge in [-0.05, 0) is 38.7 Å². The normalized spacial score (nSPS) is 11.7. The van der Waals surface area contributed by atoms with Crippen molar-refractivity contribution < 1.29 is 9.13 Å². The van der Waals surface area contributed by atoms with E-state index >= 15 is 0 Å². The van der Waals surface area contributed by atoms with Crippen LogP contribution in [0.5, 0.6) is 0 Å². The van der Waals surface area contributed by atoms with Crippen molar-refractivity contribution in [3.05, 3.63) is 34.5 Å². The van der Waals surface area contributed by atoms with Crippen molar-refractivity contribution in [2.45, 2.75) is 20.0 Å². The zero-order valence-electron chi connectivity index (χ0n) is 12.9. The molecule has 0 spiro atoms. The predicted molar refractivity (Wildman–Crippen MR) is 87.4 cm³/mol. The first kappa shape index (κ1) is 16.4. The van der Waals surface area contributed by atoms with E-state index in [4.69, 9.17) is 4.74 Å². The van der Waals surface area contributed by atoms with E-state index in [9.17, 15) is 4.39 Å². The summed E-state index contributed by atoms with van der Waals surface area (Å²) in [6, 6.07) is 5.31. The van der Waals surface area contributed by atoms with E-state index in [1.807, 2.05) is 27.1 Å². The van der Waals surface area contributed by atoms with Crippen LogP contribution in [-0.4, -0.2) is 38.8 Å². The minimum Gasteiger partial charge on any atom is -0.380 e. The Morgan fingerprint density at radius 2 is 2.19 bits per heavy atom. The topological polar surface area (TPSA) is 24.5 Å². The summed E-state index contributed by atoms with van der Waals surface area (Å²) < 4.78 is 20.6. The molecule has 0 atom stereocenters. The Bertz CT molecular complexity index is 585. The second-order valence-corrected chi connectivity index (χ2v) is 6.22. The van der Waals surface area contributed by atoms with Crippen molar-refractivity contribution in [3.8, 4) is 0 Å². The molecule has 1 N–H and O–H groups in total. The first-order chi connectivity index (χ1) is 10.2. The summed E-state index contributed by atoms with van der Waals surface area (Å²) in [5.74, 6) is -0.126. The minimum atomic E-state index is -0.126. The van der Waals surface area contributed by atoms with Crippen molar-refractivity contribution in [1.82, 2.24) is 10.2 Å². The van der Waals surface area contributed by atoms with Gasteiger partial charge in [0, 0.05) is 41.2 Å². The molecule has 2 aromatic rings. The molecule has 0 radical (unpaired) electrons. The molecule has 0 saturated heterocycles. The second-order valence-electron chi connectivity index (χ2n) is 5.08. The highest BCUT2D eigenvalue weighted by Crippen LogP contribution is 2.33. The van der Waals surface area contributed by atoms with Gasteiger partial charge in [-0.3, -0.25) is 4.90 Å². The number of likely N-dealkylation sites (N-methyl/N-ethyl adjacent to an activating group) is 1. The average molecular weight is 310 g/mol. The van der Waals surface area contributed by atoms with Crippen LogP contribution in [0.15, 0.2) is 18.2 Å². The third-order valence-electron chi connectivity index (χ3n) is 3.43. The first-order valence-corrected chi connectivity index (χ1v) is 8.08. The molecule has 21 heavy (non-hydrogen) atoms. The van der Waals surface area contributed by atoms with Gasteiger partial charge in [0.15, 0.2) is 0 Å². The molecule has 0 unspecified atom stereocenters. The van der Waals surface area contributed by atoms with E-state index in [1.165, 1.54) is 4.88 Å². The predicted octanol–water partition coefficient (Wildman–Crippen LogP) is 3.23. The SMILES string of the molecule is CCOCCN(C)Cc1c(CNC)sc2cccc(F)c12. The molecule has 1 aromatic heterocycles. The zero-order chi connectivity index (χ0) is 15.2. The number of benzene rings is 1. The van der Waals surface area contributed by atoms with Crippen LogP contribution in [0.3, 0.4) is 0 Å². The van der Waals surface area contributed by atoms with Gasteiger partial charge in [-0.2, -0.15) is 0 Å². The van der Waals surface area contributed by atoms with Gasteiger partial charge in [0.25, 0.3) is 0 Å². The fourth-order valence-electron chi connectivity index (χ4n) is 2.40. The van der Waals surface area contributed by atoms with Crippen LogP contribution in [0.2, 0.25) is 0 Å². The number of rotatable bonds is 8. The van der Waals surface area contributed by atoms with E-state index in [-0.39, 0.29) is 5.82 Å². The number of nitrogens with zero attached hydrogens (tertiary/aromatic N) is 1. The van der Waals surface area contributed by atoms with Gasteiger partial charge in [0.1, 0.15) is 5.82 Å². The Morgan fingerprint density at radius 3 is 2.90 bits per heavy atom. The Balaban J connectivity index is 2.25. The van der Waals surface area contributed by atoms with Crippen molar-refractivity contribution >= 4 is 21.4 Å². The fraction of sp³-hybridized carbons (Fsp3) is 0.500. The summed E-state index contributed by atoms with van der Waals surface area (Å²) in [6.45, 7) is 5.79. The van der Waals surface area contributed by atoms with Gasteiger partial charge in [0.2, 0.25) is 0 Å². The summed E-state index contributed by atoms with van der Waals surface area (Å²) in [5, 5.41) is 3.95. The van der Waals surface area contributed by atoms with Crippen LogP contribution in [-0.2, 0) is 17.8 Å². The molecule has 116 valence electrons. The molecule has 2 rings (SSSR count). The Morgan fingerprint density at radius 1 is 1.38 bits per heavy atom. The summed E-state index contributed by atoms with van der Waals surface area (Å²) in [7, 11) is 3.97. The van der Waals surface area contributed by atoms with Gasteiger partial charge >= 0.3 is 0 Å². The van der Waals surface area contributed by atoms with Crippen LogP contribution < -0.4 is 5.32 Å². The van der Waals surface area contributed by atoms with Crippen LogP contribution in [0.4, 0.5) is 4.39 Å². The highest BCUT2D eigenvalue weighted by Gasteiger charge is 2.16. The summed E-state index contributed by atoms with van der Waals surface area (Å²) in [5.41, 5.74) is 1.10. The van der Waals surface area contributed by atoms with Gasteiger partial charge in [0.05, 0.1) is 6.61 Å². The second kappa shape index (κ2) is 7.84. The largest absolute Gasteiger partial charge is 0.380 e. The number of hydrogen-bond donors (Lipinski definition) is 1. The number of nitrogens with one attached hydrogen (secondary N) is 1. The molecular formula is C16H23FN2OS. The van der Waals surface area contributed by atoms with E-state index in [0.717, 1.165) is 41.9 Å². The van der Waals surface area contributed by atoms with Crippen molar-refractivity contribution in [3.63, 3.8) is 0 Å². The molecule has 0 aliphatic carbocycles. The lowest BCUT2D eigenvalue weighted by atomic mass is 10.1. The zero-order valence-corrected chi connectivity index (χ0v) is 13.7. The van der Waals surface area contributed by atoms with E-state index in [1.54, 1.807) is 23.5 Å². The highest BCUT2D eigenvalue weighted by molar-refractivity contribution is 7.19. The number of halogens is 1. The smallest absolute Gasteiger partial charge is 0.132 e. The van der Waals surface area contributed by atoms with E-state index in [0.29, 0.717) is 6.61 Å². The summed E-state index contributed by atoms with van der Waals surface area (Å²) in [6.07, 6.45) is 0. The minimum absolute atomic E-state index is 0.126. The number of ether oxygens (including phenoxy) is 1. The van der Waals surface area contributed by atoms with Gasteiger partial charge in [-0.25, -0.2) is 4.39 Å². The quantitative estimate of drug-likeness (QED) is 0.758. The molecule has 0 bridgehead atoms. The average Bonchev–Trinajstić information content (AvgIpc) is 2.79. The fourth-order valence-corrected chi connectivity index (χ4v) is 3.64. The van der Waals surface area contributed by atoms with Crippen LogP contribution in [0.1, 0.15) is 17.4 Å². The number of fused-ring (bicyclic) bond motifs is 1. The first-order valence-electron chi connectivity index (χ1n) is 7.27. The molecule has 0 saturated carbocycles. The molecule has 1 aromatic carbocycles. The summed E-state index contributed by atoms with van der Waals surface area (Å²) in [4.78, 5) is 3.39. The monoisotopic (exact) mass is 310 g/mol. The lowest BCUT2D eigenvalue weighted by Crippen LogP contribution is -2.23. The van der Waals surface area contributed by atoms with Gasteiger partial charge < -0.3 is 10.1 Å². The van der Waals surface area contributed by atoms with Crippen LogP contribution in [0.25, 0.3) is 10.1 Å². The van der Waals surface area contributed by atoms with Crippen LogP contribution >= 0.6 is 11.3 Å². The van der Waals surface area contributed by atoms with Crippen molar-refractivity contribution in [2.24, 2.45) is 0 Å². The Kier molecular flexibility index (Phi) is 6.11. The third kappa shape index (κ3) is 4.01. The van der Waals surface area contributed by atoms with Gasteiger partial charge in [-0.1, -0.05) is 6.07 Å². The molecule has 0 aliphatic heterocycles. The Labute approximate surface area is 129 Å². The Hall–Kier alpha value is -1.01. The lowest BCUT2D eigenvalue weighted by Gasteiger charge is -2.17. The third-order valence-corrected chi connectivity index (χ3v) is 4.63. The maximum absolute atomic E-state index is 14.2. The maximum atomic E-state index is 14.2. The standard InChI is InChI=1S/C16H23FN2OS/c1-4-20-9-8-19(3)11-12-15(10-18-2)21-14-7-5-6-13(17)16(12)14/h5-7,18H,4,8-11H2,1-3H3. The van der Waals surface area contributed by atoms with E-state index in [2.05, 4.69) is 10.2 Å². The lowest BCUT2D eigenvalue weighted by molar-refractivity contribution is 0.120. The van der Waals surface area contributed by atoms with Crippen molar-refractivity contribution in [1.29, 1.82) is 0 Å². The molecular weight excluding hydrogens is 287 g/mol. The highest BCUT2D eigenvalue weighted by atomic mass is 32.1. The van der Waals surface area contributed by atoms with Crippen LogP contribution in [0, 0.1) is 5.82 Å².